The highest BCUT2D eigenvalue weighted by Crippen LogP contribution is 2.41. The molecule has 1 aromatic rings. The van der Waals surface area contributed by atoms with Gasteiger partial charge in [0, 0.05) is 5.02 Å². The first kappa shape index (κ1) is 16.6. The normalized spacial score (nSPS) is 15.1. The molecule has 0 bridgehead atoms. The highest BCUT2D eigenvalue weighted by atomic mass is 35.5. The minimum Gasteiger partial charge on any atom is -0.0843 e. The van der Waals surface area contributed by atoms with Gasteiger partial charge in [-0.2, -0.15) is 0 Å². The minimum absolute atomic E-state index is 0.697. The smallest absolute Gasteiger partial charge is 0.0412 e. The number of rotatable bonds is 8. The van der Waals surface area contributed by atoms with Crippen LogP contribution in [0.15, 0.2) is 23.8 Å². The topological polar surface area (TPSA) is 0 Å². The van der Waals surface area contributed by atoms with Crippen LogP contribution in [0.3, 0.4) is 0 Å². The molecule has 0 amide bonds. The molecule has 1 atom stereocenters. The fourth-order valence-electron chi connectivity index (χ4n) is 3.28. The summed E-state index contributed by atoms with van der Waals surface area (Å²) < 4.78 is 0. The average molecular weight is 305 g/mol. The van der Waals surface area contributed by atoms with Gasteiger partial charge in [0.25, 0.3) is 0 Å². The third-order valence-electron chi connectivity index (χ3n) is 4.68. The molecular weight excluding hydrogens is 276 g/mol. The van der Waals surface area contributed by atoms with Crippen LogP contribution < -0.4 is 0 Å². The van der Waals surface area contributed by atoms with Gasteiger partial charge in [0.15, 0.2) is 0 Å². The van der Waals surface area contributed by atoms with Crippen molar-refractivity contribution in [3.05, 3.63) is 39.9 Å². The van der Waals surface area contributed by atoms with E-state index in [1.54, 1.807) is 5.57 Å². The van der Waals surface area contributed by atoms with Crippen LogP contribution in [-0.4, -0.2) is 0 Å². The van der Waals surface area contributed by atoms with Crippen molar-refractivity contribution in [2.75, 3.05) is 0 Å². The van der Waals surface area contributed by atoms with E-state index in [9.17, 15) is 0 Å². The fraction of sp³-hybridized carbons (Fsp3) is 0.600. The molecule has 1 aliphatic rings. The van der Waals surface area contributed by atoms with Gasteiger partial charge < -0.3 is 0 Å². The van der Waals surface area contributed by atoms with Gasteiger partial charge in [0.2, 0.25) is 0 Å². The molecule has 116 valence electrons. The largest absolute Gasteiger partial charge is 0.0843 e. The van der Waals surface area contributed by atoms with E-state index in [-0.39, 0.29) is 0 Å². The Morgan fingerprint density at radius 1 is 1.10 bits per heavy atom. The summed E-state index contributed by atoms with van der Waals surface area (Å²) >= 11 is 6.27. The first-order valence-electron chi connectivity index (χ1n) is 8.65. The Bertz CT molecular complexity index is 493. The Balaban J connectivity index is 2.28. The van der Waals surface area contributed by atoms with Crippen LogP contribution in [-0.2, 0) is 0 Å². The van der Waals surface area contributed by atoms with E-state index in [1.807, 2.05) is 0 Å². The van der Waals surface area contributed by atoms with E-state index in [0.29, 0.717) is 5.92 Å². The monoisotopic (exact) mass is 304 g/mol. The molecule has 1 fully saturated rings. The van der Waals surface area contributed by atoms with E-state index in [2.05, 4.69) is 39.0 Å². The molecular formula is C20H29Cl. The van der Waals surface area contributed by atoms with Gasteiger partial charge in [-0.05, 0) is 67.4 Å². The Morgan fingerprint density at radius 2 is 1.86 bits per heavy atom. The maximum absolute atomic E-state index is 6.27. The van der Waals surface area contributed by atoms with Crippen LogP contribution >= 0.6 is 11.6 Å². The lowest BCUT2D eigenvalue weighted by Gasteiger charge is -2.21. The number of hydrogen-bond donors (Lipinski definition) is 0. The number of benzene rings is 1. The quantitative estimate of drug-likeness (QED) is 0.440. The molecule has 1 aromatic carbocycles. The molecule has 0 radical (unpaired) electrons. The van der Waals surface area contributed by atoms with Gasteiger partial charge in [-0.3, -0.25) is 0 Å². The number of hydrogen-bond acceptors (Lipinski definition) is 0. The summed E-state index contributed by atoms with van der Waals surface area (Å²) in [5.74, 6) is 0.697. The predicted octanol–water partition coefficient (Wildman–Crippen LogP) is 7.37. The van der Waals surface area contributed by atoms with Crippen LogP contribution in [0.4, 0.5) is 0 Å². The highest BCUT2D eigenvalue weighted by Gasteiger charge is 2.21. The average Bonchev–Trinajstić information content (AvgIpc) is 3.30. The molecule has 1 unspecified atom stereocenters. The number of unbranched alkanes of at least 4 members (excludes halogenated alkanes) is 2. The molecule has 21 heavy (non-hydrogen) atoms. The van der Waals surface area contributed by atoms with Crippen molar-refractivity contribution in [1.82, 2.24) is 0 Å². The van der Waals surface area contributed by atoms with Gasteiger partial charge in [0.1, 0.15) is 0 Å². The summed E-state index contributed by atoms with van der Waals surface area (Å²) in [7, 11) is 0. The Labute approximate surface area is 135 Å². The SMILES string of the molecule is CCCCCC(CCC)c1ccc(Cl)cc1C(C)=C1CC1. The maximum Gasteiger partial charge on any atom is 0.0412 e. The molecule has 0 spiro atoms. The summed E-state index contributed by atoms with van der Waals surface area (Å²) in [6.45, 7) is 6.87. The van der Waals surface area contributed by atoms with Crippen molar-refractivity contribution < 1.29 is 0 Å². The molecule has 0 heterocycles. The first-order chi connectivity index (χ1) is 10.2. The summed E-state index contributed by atoms with van der Waals surface area (Å²) in [5.41, 5.74) is 6.07. The van der Waals surface area contributed by atoms with Crippen molar-refractivity contribution in [1.29, 1.82) is 0 Å². The van der Waals surface area contributed by atoms with Gasteiger partial charge in [-0.25, -0.2) is 0 Å². The van der Waals surface area contributed by atoms with Crippen molar-refractivity contribution in [3.8, 4) is 0 Å². The van der Waals surface area contributed by atoms with Gasteiger partial charge >= 0.3 is 0 Å². The lowest BCUT2D eigenvalue weighted by atomic mass is 9.84. The van der Waals surface area contributed by atoms with Crippen LogP contribution in [0, 0.1) is 0 Å². The summed E-state index contributed by atoms with van der Waals surface area (Å²) in [6, 6.07) is 6.56. The van der Waals surface area contributed by atoms with Crippen LogP contribution in [0.25, 0.3) is 5.57 Å². The molecule has 0 nitrogen and oxygen atoms in total. The number of halogens is 1. The zero-order valence-electron chi connectivity index (χ0n) is 13.8. The lowest BCUT2D eigenvalue weighted by Crippen LogP contribution is -2.03. The van der Waals surface area contributed by atoms with Gasteiger partial charge in [0.05, 0.1) is 0 Å². The zero-order valence-corrected chi connectivity index (χ0v) is 14.6. The van der Waals surface area contributed by atoms with E-state index < -0.39 is 0 Å². The minimum atomic E-state index is 0.697. The van der Waals surface area contributed by atoms with E-state index in [1.165, 1.54) is 68.1 Å². The Morgan fingerprint density at radius 3 is 2.48 bits per heavy atom. The summed E-state index contributed by atoms with van der Waals surface area (Å²) in [6.07, 6.45) is 10.4. The molecule has 1 saturated carbocycles. The Hall–Kier alpha value is -0.750. The van der Waals surface area contributed by atoms with E-state index in [4.69, 9.17) is 11.6 Å². The standard InChI is InChI=1S/C20H29Cl/c1-4-6-7-9-17(8-5-2)19-13-12-18(21)14-20(19)15(3)16-10-11-16/h12-14,17H,4-11H2,1-3H3. The van der Waals surface area contributed by atoms with Crippen LogP contribution in [0.5, 0.6) is 0 Å². The van der Waals surface area contributed by atoms with E-state index >= 15 is 0 Å². The predicted molar refractivity (Wildman–Crippen MR) is 95.1 cm³/mol. The van der Waals surface area contributed by atoms with Crippen LogP contribution in [0.1, 0.15) is 89.2 Å². The zero-order chi connectivity index (χ0) is 15.2. The molecule has 0 saturated heterocycles. The van der Waals surface area contributed by atoms with Gasteiger partial charge in [-0.1, -0.05) is 62.8 Å². The highest BCUT2D eigenvalue weighted by molar-refractivity contribution is 6.30. The van der Waals surface area contributed by atoms with Crippen molar-refractivity contribution in [2.24, 2.45) is 0 Å². The molecule has 1 aliphatic carbocycles. The molecule has 2 rings (SSSR count). The third kappa shape index (κ3) is 4.61. The number of allylic oxidation sites excluding steroid dienone is 2. The second-order valence-corrected chi connectivity index (χ2v) is 6.88. The Kier molecular flexibility index (Phi) is 6.36. The van der Waals surface area contributed by atoms with Crippen LogP contribution in [0.2, 0.25) is 5.02 Å². The third-order valence-corrected chi connectivity index (χ3v) is 4.92. The van der Waals surface area contributed by atoms with Crippen molar-refractivity contribution in [3.63, 3.8) is 0 Å². The lowest BCUT2D eigenvalue weighted by molar-refractivity contribution is 0.528. The molecule has 1 heteroatoms. The second-order valence-electron chi connectivity index (χ2n) is 6.44. The van der Waals surface area contributed by atoms with Crippen molar-refractivity contribution in [2.45, 2.75) is 78.1 Å². The summed E-state index contributed by atoms with van der Waals surface area (Å²) in [5, 5.41) is 0.873. The van der Waals surface area contributed by atoms with Gasteiger partial charge in [-0.15, -0.1) is 0 Å². The van der Waals surface area contributed by atoms with E-state index in [0.717, 1.165) is 5.02 Å². The second kappa shape index (κ2) is 8.03. The fourth-order valence-corrected chi connectivity index (χ4v) is 3.45. The molecule has 0 N–H and O–H groups in total. The molecule has 0 aromatic heterocycles. The van der Waals surface area contributed by atoms with Crippen molar-refractivity contribution >= 4 is 17.2 Å². The first-order valence-corrected chi connectivity index (χ1v) is 9.03. The maximum atomic E-state index is 6.27. The molecule has 0 aliphatic heterocycles. The summed E-state index contributed by atoms with van der Waals surface area (Å²) in [4.78, 5) is 0.